The van der Waals surface area contributed by atoms with Crippen molar-refractivity contribution in [3.63, 3.8) is 0 Å². The molecule has 1 aromatic heterocycles. The molecule has 4 rings (SSSR count). The van der Waals surface area contributed by atoms with Crippen molar-refractivity contribution in [3.05, 3.63) is 71.4 Å². The van der Waals surface area contributed by atoms with Crippen LogP contribution < -0.4 is 0 Å². The lowest BCUT2D eigenvalue weighted by Crippen LogP contribution is -2.38. The van der Waals surface area contributed by atoms with Crippen LogP contribution >= 0.6 is 11.6 Å². The Bertz CT molecular complexity index is 876. The Kier molecular flexibility index (Phi) is 5.33. The number of hydrogen-bond acceptors (Lipinski definition) is 2. The number of piperidine rings is 1. The van der Waals surface area contributed by atoms with Crippen LogP contribution in [0.15, 0.2) is 60.7 Å². The van der Waals surface area contributed by atoms with Crippen LogP contribution in [0.3, 0.4) is 0 Å². The van der Waals surface area contributed by atoms with E-state index in [0.717, 1.165) is 35.1 Å². The van der Waals surface area contributed by atoms with Crippen molar-refractivity contribution < 1.29 is 0 Å². The molecule has 0 aliphatic carbocycles. The molecule has 27 heavy (non-hydrogen) atoms. The lowest BCUT2D eigenvalue weighted by molar-refractivity contribution is 0.170. The number of halogens is 1. The normalized spacial score (nSPS) is 16.1. The van der Waals surface area contributed by atoms with Crippen molar-refractivity contribution in [1.82, 2.24) is 14.7 Å². The third kappa shape index (κ3) is 3.95. The zero-order chi connectivity index (χ0) is 18.8. The number of likely N-dealkylation sites (tertiary alicyclic amines) is 1. The van der Waals surface area contributed by atoms with Crippen LogP contribution in [0.2, 0.25) is 5.02 Å². The molecular weight excluding hydrogens is 354 g/mol. The van der Waals surface area contributed by atoms with Crippen LogP contribution in [0.1, 0.15) is 38.3 Å². The molecule has 0 bridgehead atoms. The maximum absolute atomic E-state index is 6.06. The van der Waals surface area contributed by atoms with E-state index in [4.69, 9.17) is 16.7 Å². The van der Waals surface area contributed by atoms with Gasteiger partial charge in [0.15, 0.2) is 0 Å². The number of hydrogen-bond donors (Lipinski definition) is 0. The second-order valence-corrected chi connectivity index (χ2v) is 8.05. The summed E-state index contributed by atoms with van der Waals surface area (Å²) >= 11 is 6.06. The van der Waals surface area contributed by atoms with E-state index in [-0.39, 0.29) is 0 Å². The number of para-hydroxylation sites is 1. The van der Waals surface area contributed by atoms with E-state index < -0.39 is 0 Å². The highest BCUT2D eigenvalue weighted by atomic mass is 35.5. The molecule has 0 amide bonds. The average molecular weight is 380 g/mol. The molecule has 0 saturated carbocycles. The third-order valence-electron chi connectivity index (χ3n) is 5.56. The Balaban J connectivity index is 1.70. The Morgan fingerprint density at radius 3 is 2.26 bits per heavy atom. The van der Waals surface area contributed by atoms with Crippen LogP contribution in [0.4, 0.5) is 0 Å². The summed E-state index contributed by atoms with van der Waals surface area (Å²) in [5.41, 5.74) is 4.56. The fourth-order valence-electron chi connectivity index (χ4n) is 3.94. The topological polar surface area (TPSA) is 21.1 Å². The molecule has 3 aromatic rings. The smallest absolute Gasteiger partial charge is 0.0930 e. The minimum Gasteiger partial charge on any atom is -0.301 e. The molecule has 1 fully saturated rings. The van der Waals surface area contributed by atoms with Gasteiger partial charge in [-0.2, -0.15) is 5.10 Å². The molecule has 0 unspecified atom stereocenters. The molecule has 4 heteroatoms. The van der Waals surface area contributed by atoms with Gasteiger partial charge in [0.2, 0.25) is 0 Å². The molecule has 0 N–H and O–H groups in total. The number of nitrogens with zero attached hydrogens (tertiary/aromatic N) is 3. The molecule has 1 aliphatic heterocycles. The molecule has 0 atom stereocenters. The van der Waals surface area contributed by atoms with Crippen molar-refractivity contribution >= 4 is 11.6 Å². The van der Waals surface area contributed by atoms with E-state index in [1.54, 1.807) is 0 Å². The number of aromatic nitrogens is 2. The van der Waals surface area contributed by atoms with E-state index in [2.05, 4.69) is 53.8 Å². The first kappa shape index (κ1) is 18.3. The van der Waals surface area contributed by atoms with E-state index in [0.29, 0.717) is 12.0 Å². The van der Waals surface area contributed by atoms with E-state index in [9.17, 15) is 0 Å². The summed E-state index contributed by atoms with van der Waals surface area (Å²) in [5, 5.41) is 5.72. The maximum Gasteiger partial charge on any atom is 0.0930 e. The predicted molar refractivity (Wildman–Crippen MR) is 113 cm³/mol. The zero-order valence-corrected chi connectivity index (χ0v) is 16.7. The van der Waals surface area contributed by atoms with Crippen molar-refractivity contribution in [2.75, 3.05) is 13.1 Å². The number of benzene rings is 2. The van der Waals surface area contributed by atoms with Gasteiger partial charge < -0.3 is 4.90 Å². The van der Waals surface area contributed by atoms with Crippen LogP contribution in [0.25, 0.3) is 16.9 Å². The average Bonchev–Trinajstić information content (AvgIpc) is 3.15. The van der Waals surface area contributed by atoms with Crippen LogP contribution in [-0.2, 0) is 0 Å². The summed E-state index contributed by atoms with van der Waals surface area (Å²) < 4.78 is 2.14. The molecule has 2 heterocycles. The zero-order valence-electron chi connectivity index (χ0n) is 16.0. The standard InChI is InChI=1S/C23H26ClN3/c1-17(2)26-14-12-19(13-15-26)23-16-22(18-8-10-20(24)11-9-18)25-27(23)21-6-4-3-5-7-21/h3-11,16-17,19H,12-15H2,1-2H3. The van der Waals surface area contributed by atoms with Crippen LogP contribution in [0.5, 0.6) is 0 Å². The first-order chi connectivity index (χ1) is 13.1. The third-order valence-corrected chi connectivity index (χ3v) is 5.81. The van der Waals surface area contributed by atoms with Gasteiger partial charge in [0.1, 0.15) is 0 Å². The Morgan fingerprint density at radius 1 is 0.963 bits per heavy atom. The minimum atomic E-state index is 0.536. The lowest BCUT2D eigenvalue weighted by atomic mass is 9.92. The van der Waals surface area contributed by atoms with Crippen molar-refractivity contribution in [2.24, 2.45) is 0 Å². The van der Waals surface area contributed by atoms with Gasteiger partial charge in [-0.1, -0.05) is 41.9 Å². The van der Waals surface area contributed by atoms with Gasteiger partial charge in [0.25, 0.3) is 0 Å². The SMILES string of the molecule is CC(C)N1CCC(c2cc(-c3ccc(Cl)cc3)nn2-c2ccccc2)CC1. The van der Waals surface area contributed by atoms with Gasteiger partial charge >= 0.3 is 0 Å². The molecule has 0 radical (unpaired) electrons. The highest BCUT2D eigenvalue weighted by Gasteiger charge is 2.26. The molecule has 1 aliphatic rings. The predicted octanol–water partition coefficient (Wildman–Crippen LogP) is 5.78. The molecule has 140 valence electrons. The maximum atomic E-state index is 6.06. The quantitative estimate of drug-likeness (QED) is 0.572. The first-order valence-corrected chi connectivity index (χ1v) is 10.1. The van der Waals surface area contributed by atoms with E-state index in [1.165, 1.54) is 18.5 Å². The van der Waals surface area contributed by atoms with E-state index >= 15 is 0 Å². The Hall–Kier alpha value is -2.10. The van der Waals surface area contributed by atoms with Gasteiger partial charge in [-0.15, -0.1) is 0 Å². The second-order valence-electron chi connectivity index (χ2n) is 7.61. The van der Waals surface area contributed by atoms with Gasteiger partial charge in [0.05, 0.1) is 11.4 Å². The minimum absolute atomic E-state index is 0.536. The van der Waals surface area contributed by atoms with Crippen LogP contribution in [0, 0.1) is 0 Å². The Labute approximate surface area is 166 Å². The molecule has 3 nitrogen and oxygen atoms in total. The highest BCUT2D eigenvalue weighted by molar-refractivity contribution is 6.30. The van der Waals surface area contributed by atoms with Crippen molar-refractivity contribution in [1.29, 1.82) is 0 Å². The highest BCUT2D eigenvalue weighted by Crippen LogP contribution is 2.33. The van der Waals surface area contributed by atoms with Gasteiger partial charge in [-0.05, 0) is 70.1 Å². The van der Waals surface area contributed by atoms with Gasteiger partial charge in [0, 0.05) is 28.2 Å². The van der Waals surface area contributed by atoms with Crippen molar-refractivity contribution in [3.8, 4) is 16.9 Å². The Morgan fingerprint density at radius 2 is 1.63 bits per heavy atom. The largest absolute Gasteiger partial charge is 0.301 e. The summed E-state index contributed by atoms with van der Waals surface area (Å²) in [6.07, 6.45) is 2.35. The monoisotopic (exact) mass is 379 g/mol. The second kappa shape index (κ2) is 7.87. The summed E-state index contributed by atoms with van der Waals surface area (Å²) in [7, 11) is 0. The molecule has 2 aromatic carbocycles. The van der Waals surface area contributed by atoms with E-state index in [1.807, 2.05) is 30.3 Å². The van der Waals surface area contributed by atoms with Crippen LogP contribution in [-0.4, -0.2) is 33.8 Å². The fraction of sp³-hybridized carbons (Fsp3) is 0.348. The summed E-state index contributed by atoms with van der Waals surface area (Å²) in [4.78, 5) is 2.57. The number of rotatable bonds is 4. The first-order valence-electron chi connectivity index (χ1n) is 9.77. The summed E-state index contributed by atoms with van der Waals surface area (Å²) in [5.74, 6) is 0.536. The molecular formula is C23H26ClN3. The summed E-state index contributed by atoms with van der Waals surface area (Å²) in [6, 6.07) is 21.3. The fourth-order valence-corrected chi connectivity index (χ4v) is 4.06. The lowest BCUT2D eigenvalue weighted by Gasteiger charge is -2.34. The van der Waals surface area contributed by atoms with Crippen molar-refractivity contribution in [2.45, 2.75) is 38.6 Å². The van der Waals surface area contributed by atoms with Gasteiger partial charge in [-0.25, -0.2) is 4.68 Å². The summed E-state index contributed by atoms with van der Waals surface area (Å²) in [6.45, 7) is 6.87. The molecule has 0 spiro atoms. The van der Waals surface area contributed by atoms with Gasteiger partial charge in [-0.3, -0.25) is 0 Å². The molecule has 1 saturated heterocycles.